The summed E-state index contributed by atoms with van der Waals surface area (Å²) in [5.74, 6) is -1.76. The SMILES string of the molecule is CCN(C(=O)[C@H]1OCC[C@H]1CNC(=O)OCC1c2ccccc2-c2ccccc21)C(C)(C)C(=O)O. The van der Waals surface area contributed by atoms with Crippen LogP contribution in [0.15, 0.2) is 48.5 Å². The van der Waals surface area contributed by atoms with Gasteiger partial charge in [0.2, 0.25) is 0 Å². The van der Waals surface area contributed by atoms with Crippen molar-refractivity contribution in [3.8, 4) is 11.1 Å². The van der Waals surface area contributed by atoms with Gasteiger partial charge in [0.15, 0.2) is 0 Å². The molecule has 0 bridgehead atoms. The van der Waals surface area contributed by atoms with Crippen LogP contribution in [0.5, 0.6) is 0 Å². The van der Waals surface area contributed by atoms with Crippen molar-refractivity contribution in [1.29, 1.82) is 0 Å². The molecule has 2 aromatic rings. The third-order valence-electron chi connectivity index (χ3n) is 7.09. The molecule has 35 heavy (non-hydrogen) atoms. The number of fused-ring (bicyclic) bond motifs is 3. The molecule has 0 saturated carbocycles. The summed E-state index contributed by atoms with van der Waals surface area (Å²) in [6.07, 6.45) is -0.767. The third-order valence-corrected chi connectivity index (χ3v) is 7.09. The van der Waals surface area contributed by atoms with Gasteiger partial charge in [0.1, 0.15) is 18.2 Å². The summed E-state index contributed by atoms with van der Waals surface area (Å²) in [6, 6.07) is 16.3. The first-order chi connectivity index (χ1) is 16.8. The topological polar surface area (TPSA) is 105 Å². The van der Waals surface area contributed by atoms with Crippen LogP contribution in [-0.4, -0.2) is 65.9 Å². The molecule has 0 spiro atoms. The van der Waals surface area contributed by atoms with E-state index in [2.05, 4.69) is 29.6 Å². The lowest BCUT2D eigenvalue weighted by atomic mass is 9.96. The first kappa shape index (κ1) is 24.7. The standard InChI is InChI=1S/C27H32N2O6/c1-4-29(27(2,3)25(31)32)24(30)23-17(13-14-34-23)15-28-26(33)35-16-22-20-11-7-5-9-18(20)19-10-6-8-12-21(19)22/h5-12,17,22-23H,4,13-16H2,1-3H3,(H,28,33)(H,31,32)/t17-,23-/m0/s1. The molecule has 1 saturated heterocycles. The van der Waals surface area contributed by atoms with E-state index in [0.29, 0.717) is 13.0 Å². The summed E-state index contributed by atoms with van der Waals surface area (Å²) in [5.41, 5.74) is 3.23. The number of likely N-dealkylation sites (N-methyl/N-ethyl adjacent to an activating group) is 1. The molecule has 0 radical (unpaired) electrons. The van der Waals surface area contributed by atoms with Crippen LogP contribution in [0, 0.1) is 5.92 Å². The molecule has 8 nitrogen and oxygen atoms in total. The quantitative estimate of drug-likeness (QED) is 0.598. The Hall–Kier alpha value is -3.39. The summed E-state index contributed by atoms with van der Waals surface area (Å²) in [5, 5.41) is 12.3. The number of nitrogens with zero attached hydrogens (tertiary/aromatic N) is 1. The zero-order valence-electron chi connectivity index (χ0n) is 20.3. The van der Waals surface area contributed by atoms with Gasteiger partial charge in [-0.1, -0.05) is 48.5 Å². The number of benzene rings is 2. The summed E-state index contributed by atoms with van der Waals surface area (Å²) in [6.45, 7) is 5.76. The molecule has 1 aliphatic carbocycles. The summed E-state index contributed by atoms with van der Waals surface area (Å²) < 4.78 is 11.2. The van der Waals surface area contributed by atoms with Gasteiger partial charge in [-0.2, -0.15) is 0 Å². The second-order valence-electron chi connectivity index (χ2n) is 9.49. The van der Waals surface area contributed by atoms with E-state index in [0.717, 1.165) is 22.3 Å². The maximum atomic E-state index is 13.1. The number of amides is 2. The molecule has 2 aromatic carbocycles. The molecule has 4 rings (SSSR count). The van der Waals surface area contributed by atoms with Gasteiger partial charge in [-0.25, -0.2) is 9.59 Å². The van der Waals surface area contributed by atoms with E-state index in [1.165, 1.54) is 18.7 Å². The van der Waals surface area contributed by atoms with Crippen molar-refractivity contribution in [3.05, 3.63) is 59.7 Å². The Kier molecular flexibility index (Phi) is 7.12. The number of carboxylic acids is 1. The van der Waals surface area contributed by atoms with E-state index in [1.807, 2.05) is 24.3 Å². The summed E-state index contributed by atoms with van der Waals surface area (Å²) in [4.78, 5) is 38.6. The Bertz CT molecular complexity index is 1070. The molecule has 2 N–H and O–H groups in total. The largest absolute Gasteiger partial charge is 0.480 e. The molecule has 2 aliphatic rings. The van der Waals surface area contributed by atoms with Crippen molar-refractivity contribution in [1.82, 2.24) is 10.2 Å². The number of carbonyl (C=O) groups excluding carboxylic acids is 2. The number of ether oxygens (including phenoxy) is 2. The minimum Gasteiger partial charge on any atom is -0.480 e. The predicted octanol–water partition coefficient (Wildman–Crippen LogP) is 3.64. The lowest BCUT2D eigenvalue weighted by Crippen LogP contribution is -2.57. The summed E-state index contributed by atoms with van der Waals surface area (Å²) in [7, 11) is 0. The maximum absolute atomic E-state index is 13.1. The summed E-state index contributed by atoms with van der Waals surface area (Å²) >= 11 is 0. The van der Waals surface area contributed by atoms with E-state index in [1.54, 1.807) is 6.92 Å². The van der Waals surface area contributed by atoms with Crippen LogP contribution in [0.25, 0.3) is 11.1 Å². The normalized spacial score (nSPS) is 19.1. The van der Waals surface area contributed by atoms with Crippen LogP contribution in [-0.2, 0) is 19.1 Å². The molecule has 1 heterocycles. The number of rotatable bonds is 8. The van der Waals surface area contributed by atoms with Gasteiger partial charge in [0.25, 0.3) is 5.91 Å². The van der Waals surface area contributed by atoms with E-state index in [4.69, 9.17) is 9.47 Å². The molecule has 0 unspecified atom stereocenters. The Balaban J connectivity index is 1.35. The second-order valence-corrected chi connectivity index (χ2v) is 9.49. The number of nitrogens with one attached hydrogen (secondary N) is 1. The molecule has 1 fully saturated rings. The molecule has 2 amide bonds. The highest BCUT2D eigenvalue weighted by molar-refractivity contribution is 5.89. The van der Waals surface area contributed by atoms with Crippen molar-refractivity contribution in [3.63, 3.8) is 0 Å². The zero-order chi connectivity index (χ0) is 25.2. The van der Waals surface area contributed by atoms with Crippen molar-refractivity contribution in [2.24, 2.45) is 5.92 Å². The Morgan fingerprint density at radius 2 is 1.69 bits per heavy atom. The molecule has 1 aliphatic heterocycles. The van der Waals surface area contributed by atoms with Gasteiger partial charge in [-0.15, -0.1) is 0 Å². The second kappa shape index (κ2) is 10.1. The lowest BCUT2D eigenvalue weighted by Gasteiger charge is -2.36. The first-order valence-corrected chi connectivity index (χ1v) is 12.0. The number of hydrogen-bond acceptors (Lipinski definition) is 5. The van der Waals surface area contributed by atoms with Crippen LogP contribution >= 0.6 is 0 Å². The number of carbonyl (C=O) groups is 3. The molecular formula is C27H32N2O6. The van der Waals surface area contributed by atoms with Gasteiger partial charge in [0.05, 0.1) is 0 Å². The minimum atomic E-state index is -1.36. The Morgan fingerprint density at radius 1 is 1.09 bits per heavy atom. The number of hydrogen-bond donors (Lipinski definition) is 2. The van der Waals surface area contributed by atoms with E-state index in [-0.39, 0.29) is 37.4 Å². The fraction of sp³-hybridized carbons (Fsp3) is 0.444. The minimum absolute atomic E-state index is 0.0337. The van der Waals surface area contributed by atoms with Gasteiger partial charge in [-0.05, 0) is 49.4 Å². The Labute approximate surface area is 205 Å². The molecule has 8 heteroatoms. The van der Waals surface area contributed by atoms with Crippen molar-refractivity contribution in [2.75, 3.05) is 26.3 Å². The number of carboxylic acid groups (broad SMARTS) is 1. The van der Waals surface area contributed by atoms with Gasteiger partial charge < -0.3 is 24.8 Å². The van der Waals surface area contributed by atoms with Crippen LogP contribution < -0.4 is 5.32 Å². The van der Waals surface area contributed by atoms with E-state index in [9.17, 15) is 19.5 Å². The van der Waals surface area contributed by atoms with Gasteiger partial charge in [0, 0.05) is 31.5 Å². The van der Waals surface area contributed by atoms with Crippen molar-refractivity contribution in [2.45, 2.75) is 44.8 Å². The smallest absolute Gasteiger partial charge is 0.407 e. The van der Waals surface area contributed by atoms with Gasteiger partial charge in [-0.3, -0.25) is 4.79 Å². The highest BCUT2D eigenvalue weighted by Gasteiger charge is 2.44. The molecule has 2 atom stereocenters. The van der Waals surface area contributed by atoms with Crippen LogP contribution in [0.3, 0.4) is 0 Å². The fourth-order valence-electron chi connectivity index (χ4n) is 5.08. The zero-order valence-corrected chi connectivity index (χ0v) is 20.3. The molecule has 0 aromatic heterocycles. The van der Waals surface area contributed by atoms with E-state index < -0.39 is 23.7 Å². The monoisotopic (exact) mass is 480 g/mol. The van der Waals surface area contributed by atoms with E-state index >= 15 is 0 Å². The first-order valence-electron chi connectivity index (χ1n) is 12.0. The average molecular weight is 481 g/mol. The average Bonchev–Trinajstić information content (AvgIpc) is 3.44. The molecule has 186 valence electrons. The van der Waals surface area contributed by atoms with Crippen LogP contribution in [0.4, 0.5) is 4.79 Å². The number of alkyl carbamates (subject to hydrolysis) is 1. The number of aliphatic carboxylic acids is 1. The van der Waals surface area contributed by atoms with Crippen LogP contribution in [0.1, 0.15) is 44.2 Å². The van der Waals surface area contributed by atoms with Gasteiger partial charge >= 0.3 is 12.1 Å². The third kappa shape index (κ3) is 4.75. The van der Waals surface area contributed by atoms with Crippen LogP contribution in [0.2, 0.25) is 0 Å². The predicted molar refractivity (Wildman–Crippen MR) is 130 cm³/mol. The highest BCUT2D eigenvalue weighted by atomic mass is 16.5. The van der Waals surface area contributed by atoms with Crippen molar-refractivity contribution < 1.29 is 29.0 Å². The highest BCUT2D eigenvalue weighted by Crippen LogP contribution is 2.44. The Morgan fingerprint density at radius 3 is 2.26 bits per heavy atom. The fourth-order valence-corrected chi connectivity index (χ4v) is 5.08. The lowest BCUT2D eigenvalue weighted by molar-refractivity contribution is -0.161. The molecular weight excluding hydrogens is 448 g/mol. The maximum Gasteiger partial charge on any atom is 0.407 e. The van der Waals surface area contributed by atoms with Crippen molar-refractivity contribution >= 4 is 18.0 Å².